The van der Waals surface area contributed by atoms with Gasteiger partial charge >= 0.3 is 5.97 Å². The lowest BCUT2D eigenvalue weighted by Gasteiger charge is -2.33. The summed E-state index contributed by atoms with van der Waals surface area (Å²) in [6.07, 6.45) is 0. The van der Waals surface area contributed by atoms with Crippen LogP contribution in [0.2, 0.25) is 0 Å². The lowest BCUT2D eigenvalue weighted by molar-refractivity contribution is -0.138. The number of carboxylic acids is 1. The fourth-order valence-corrected chi connectivity index (χ4v) is 4.04. The Hall–Kier alpha value is -1.84. The standard InChI is InChI=1S/C14H20N2O6S/c1-21-11-3-4-12(22-2)13(9-11)23(19,20)16-7-5-15(6-8-16)10-14(17)18/h3-4,9H,5-8,10H2,1-2H3,(H,17,18). The second-order valence-corrected chi connectivity index (χ2v) is 7.00. The number of sulfonamides is 1. The summed E-state index contributed by atoms with van der Waals surface area (Å²) in [5.41, 5.74) is 0. The highest BCUT2D eigenvalue weighted by atomic mass is 32.2. The van der Waals surface area contributed by atoms with Gasteiger partial charge in [-0.05, 0) is 12.1 Å². The number of aliphatic carboxylic acids is 1. The highest BCUT2D eigenvalue weighted by Crippen LogP contribution is 2.30. The van der Waals surface area contributed by atoms with Crippen LogP contribution in [0.5, 0.6) is 11.5 Å². The molecule has 1 N–H and O–H groups in total. The van der Waals surface area contributed by atoms with Crippen LogP contribution in [0.15, 0.2) is 23.1 Å². The van der Waals surface area contributed by atoms with E-state index >= 15 is 0 Å². The molecule has 1 fully saturated rings. The molecule has 0 amide bonds. The third-order valence-corrected chi connectivity index (χ3v) is 5.60. The maximum absolute atomic E-state index is 12.8. The number of piperazine rings is 1. The van der Waals surface area contributed by atoms with Gasteiger partial charge in [-0.2, -0.15) is 4.31 Å². The van der Waals surface area contributed by atoms with Crippen LogP contribution < -0.4 is 9.47 Å². The van der Waals surface area contributed by atoms with E-state index in [1.54, 1.807) is 17.0 Å². The maximum atomic E-state index is 12.8. The first-order valence-electron chi connectivity index (χ1n) is 7.05. The van der Waals surface area contributed by atoms with Gasteiger partial charge in [-0.15, -0.1) is 0 Å². The van der Waals surface area contributed by atoms with E-state index in [-0.39, 0.29) is 30.3 Å². The monoisotopic (exact) mass is 344 g/mol. The summed E-state index contributed by atoms with van der Waals surface area (Å²) in [5, 5.41) is 8.79. The summed E-state index contributed by atoms with van der Waals surface area (Å²) in [4.78, 5) is 12.5. The predicted molar refractivity (Wildman–Crippen MR) is 82.4 cm³/mol. The summed E-state index contributed by atoms with van der Waals surface area (Å²) in [7, 11) is -0.865. The van der Waals surface area contributed by atoms with Crippen molar-refractivity contribution in [2.45, 2.75) is 4.90 Å². The van der Waals surface area contributed by atoms with Crippen molar-refractivity contribution in [1.82, 2.24) is 9.21 Å². The van der Waals surface area contributed by atoms with Crippen molar-refractivity contribution >= 4 is 16.0 Å². The van der Waals surface area contributed by atoms with E-state index in [2.05, 4.69) is 0 Å². The third kappa shape index (κ3) is 3.92. The molecule has 0 spiro atoms. The molecule has 1 saturated heterocycles. The van der Waals surface area contributed by atoms with E-state index < -0.39 is 16.0 Å². The Morgan fingerprint density at radius 3 is 2.35 bits per heavy atom. The summed E-state index contributed by atoms with van der Waals surface area (Å²) in [6, 6.07) is 4.60. The van der Waals surface area contributed by atoms with E-state index in [0.29, 0.717) is 18.8 Å². The normalized spacial score (nSPS) is 17.0. The smallest absolute Gasteiger partial charge is 0.317 e. The van der Waals surface area contributed by atoms with Crippen LogP contribution in [0.1, 0.15) is 0 Å². The molecule has 0 radical (unpaired) electrons. The van der Waals surface area contributed by atoms with Gasteiger partial charge < -0.3 is 14.6 Å². The van der Waals surface area contributed by atoms with Crippen molar-refractivity contribution in [2.24, 2.45) is 0 Å². The Bertz CT molecular complexity index is 668. The number of methoxy groups -OCH3 is 2. The van der Waals surface area contributed by atoms with Crippen molar-refractivity contribution in [3.8, 4) is 11.5 Å². The highest BCUT2D eigenvalue weighted by molar-refractivity contribution is 7.89. The molecule has 0 atom stereocenters. The second kappa shape index (κ2) is 7.16. The first kappa shape index (κ1) is 17.5. The number of carbonyl (C=O) groups is 1. The maximum Gasteiger partial charge on any atom is 0.317 e. The minimum atomic E-state index is -3.74. The van der Waals surface area contributed by atoms with Gasteiger partial charge in [-0.1, -0.05) is 0 Å². The molecule has 0 aliphatic carbocycles. The largest absolute Gasteiger partial charge is 0.497 e. The van der Waals surface area contributed by atoms with Gasteiger partial charge in [-0.25, -0.2) is 8.42 Å². The van der Waals surface area contributed by atoms with Crippen LogP contribution in [-0.4, -0.2) is 75.6 Å². The molecule has 23 heavy (non-hydrogen) atoms. The van der Waals surface area contributed by atoms with E-state index in [1.807, 2.05) is 0 Å². The molecule has 1 aromatic carbocycles. The van der Waals surface area contributed by atoms with Crippen LogP contribution in [-0.2, 0) is 14.8 Å². The average molecular weight is 344 g/mol. The Balaban J connectivity index is 2.21. The lowest BCUT2D eigenvalue weighted by Crippen LogP contribution is -2.49. The first-order valence-corrected chi connectivity index (χ1v) is 8.49. The molecular formula is C14H20N2O6S. The molecule has 0 unspecified atom stereocenters. The number of rotatable bonds is 6. The molecule has 1 heterocycles. The Morgan fingerprint density at radius 2 is 1.83 bits per heavy atom. The molecule has 2 rings (SSSR count). The summed E-state index contributed by atoms with van der Waals surface area (Å²) < 4.78 is 37.2. The van der Waals surface area contributed by atoms with Gasteiger partial charge in [0, 0.05) is 32.2 Å². The van der Waals surface area contributed by atoms with Crippen LogP contribution in [0.4, 0.5) is 0 Å². The molecule has 0 saturated carbocycles. The lowest BCUT2D eigenvalue weighted by atomic mass is 10.3. The van der Waals surface area contributed by atoms with Gasteiger partial charge in [0.2, 0.25) is 10.0 Å². The molecular weight excluding hydrogens is 324 g/mol. The van der Waals surface area contributed by atoms with E-state index in [9.17, 15) is 13.2 Å². The molecule has 1 aliphatic heterocycles. The Kier molecular flexibility index (Phi) is 5.45. The van der Waals surface area contributed by atoms with Crippen LogP contribution >= 0.6 is 0 Å². The van der Waals surface area contributed by atoms with Crippen molar-refractivity contribution in [3.63, 3.8) is 0 Å². The molecule has 8 nitrogen and oxygen atoms in total. The van der Waals surface area contributed by atoms with Crippen LogP contribution in [0.25, 0.3) is 0 Å². The quantitative estimate of drug-likeness (QED) is 0.781. The molecule has 128 valence electrons. The number of carboxylic acid groups (broad SMARTS) is 1. The van der Waals surface area contributed by atoms with Crippen molar-refractivity contribution in [3.05, 3.63) is 18.2 Å². The van der Waals surface area contributed by atoms with Gasteiger partial charge in [0.1, 0.15) is 16.4 Å². The fourth-order valence-electron chi connectivity index (χ4n) is 2.44. The van der Waals surface area contributed by atoms with Gasteiger partial charge in [0.25, 0.3) is 0 Å². The van der Waals surface area contributed by atoms with Gasteiger partial charge in [0.15, 0.2) is 0 Å². The minimum Gasteiger partial charge on any atom is -0.497 e. The molecule has 9 heteroatoms. The predicted octanol–water partition coefficient (Wildman–Crippen LogP) is 0.0947. The number of nitrogens with zero attached hydrogens (tertiary/aromatic N) is 2. The minimum absolute atomic E-state index is 0.0473. The zero-order valence-corrected chi connectivity index (χ0v) is 13.9. The van der Waals surface area contributed by atoms with Gasteiger partial charge in [-0.3, -0.25) is 9.69 Å². The van der Waals surface area contributed by atoms with Crippen molar-refractivity contribution in [2.75, 3.05) is 46.9 Å². The third-order valence-electron chi connectivity index (χ3n) is 3.68. The van der Waals surface area contributed by atoms with E-state index in [0.717, 1.165) is 0 Å². The topological polar surface area (TPSA) is 96.4 Å². The molecule has 0 bridgehead atoms. The number of hydrogen-bond acceptors (Lipinski definition) is 6. The number of ether oxygens (including phenoxy) is 2. The number of hydrogen-bond donors (Lipinski definition) is 1. The van der Waals surface area contributed by atoms with Gasteiger partial charge in [0.05, 0.1) is 20.8 Å². The first-order chi connectivity index (χ1) is 10.9. The second-order valence-electron chi connectivity index (χ2n) is 5.09. The van der Waals surface area contributed by atoms with Crippen LogP contribution in [0, 0.1) is 0 Å². The zero-order chi connectivity index (χ0) is 17.0. The average Bonchev–Trinajstić information content (AvgIpc) is 2.54. The molecule has 1 aromatic rings. The summed E-state index contributed by atoms with van der Waals surface area (Å²) >= 11 is 0. The molecule has 0 aromatic heterocycles. The van der Waals surface area contributed by atoms with E-state index in [1.165, 1.54) is 24.6 Å². The fraction of sp³-hybridized carbons (Fsp3) is 0.500. The van der Waals surface area contributed by atoms with Crippen LogP contribution in [0.3, 0.4) is 0 Å². The van der Waals surface area contributed by atoms with Crippen molar-refractivity contribution in [1.29, 1.82) is 0 Å². The Morgan fingerprint density at radius 1 is 1.17 bits per heavy atom. The highest BCUT2D eigenvalue weighted by Gasteiger charge is 2.31. The summed E-state index contributed by atoms with van der Waals surface area (Å²) in [5.74, 6) is -0.247. The number of benzene rings is 1. The SMILES string of the molecule is COc1ccc(OC)c(S(=O)(=O)N2CCN(CC(=O)O)CC2)c1. The van der Waals surface area contributed by atoms with E-state index in [4.69, 9.17) is 14.6 Å². The zero-order valence-electron chi connectivity index (χ0n) is 13.1. The van der Waals surface area contributed by atoms with Crippen molar-refractivity contribution < 1.29 is 27.8 Å². The Labute approximate surface area is 135 Å². The molecule has 1 aliphatic rings. The summed E-state index contributed by atoms with van der Waals surface area (Å²) in [6.45, 7) is 1.12.